The molecule has 1 amide bonds. The van der Waals surface area contributed by atoms with E-state index in [1.54, 1.807) is 46.8 Å². The van der Waals surface area contributed by atoms with E-state index in [0.717, 1.165) is 33.6 Å². The maximum absolute atomic E-state index is 14.3. The van der Waals surface area contributed by atoms with Gasteiger partial charge in [-0.25, -0.2) is 8.42 Å². The molecule has 10 nitrogen and oxygen atoms in total. The van der Waals surface area contributed by atoms with Crippen molar-refractivity contribution in [2.75, 3.05) is 19.7 Å². The number of rotatable bonds is 3. The maximum atomic E-state index is 14.3. The van der Waals surface area contributed by atoms with Gasteiger partial charge in [0.25, 0.3) is 10.0 Å². The summed E-state index contributed by atoms with van der Waals surface area (Å²) in [6.45, 7) is 1.15. The Morgan fingerprint density at radius 1 is 0.935 bits per heavy atom. The van der Waals surface area contributed by atoms with E-state index in [1.807, 2.05) is 36.4 Å². The molecule has 4 aliphatic rings. The van der Waals surface area contributed by atoms with Gasteiger partial charge < -0.3 is 24.4 Å². The fraction of sp³-hybridized carbons (Fsp3) is 0.235. The summed E-state index contributed by atoms with van der Waals surface area (Å²) in [6, 6.07) is 22.6. The summed E-state index contributed by atoms with van der Waals surface area (Å²) >= 11 is 1.16. The molecule has 12 heteroatoms. The highest BCUT2D eigenvalue weighted by Crippen LogP contribution is 2.43. The number of hydrogen-bond acceptors (Lipinski definition) is 9. The molecule has 0 aliphatic carbocycles. The zero-order valence-electron chi connectivity index (χ0n) is 24.7. The predicted octanol–water partition coefficient (Wildman–Crippen LogP) is 6.07. The fourth-order valence-corrected chi connectivity index (χ4v) is 8.80. The van der Waals surface area contributed by atoms with Crippen LogP contribution in [0.2, 0.25) is 0 Å². The first-order valence-corrected chi connectivity index (χ1v) is 17.3. The quantitative estimate of drug-likeness (QED) is 0.239. The van der Waals surface area contributed by atoms with Crippen molar-refractivity contribution in [2.45, 2.75) is 35.9 Å². The summed E-state index contributed by atoms with van der Waals surface area (Å²) in [4.78, 5) is 13.1. The highest BCUT2D eigenvalue weighted by molar-refractivity contribution is 7.91. The first-order valence-electron chi connectivity index (χ1n) is 15.0. The molecule has 2 N–H and O–H groups in total. The number of hydrogen-bond donors (Lipinski definition) is 2. The van der Waals surface area contributed by atoms with Crippen LogP contribution in [0.3, 0.4) is 0 Å². The van der Waals surface area contributed by atoms with Crippen LogP contribution < -0.4 is 14.8 Å². The summed E-state index contributed by atoms with van der Waals surface area (Å²) in [6.07, 6.45) is 3.35. The number of amides is 1. The van der Waals surface area contributed by atoms with Gasteiger partial charge in [-0.1, -0.05) is 29.4 Å². The van der Waals surface area contributed by atoms with Gasteiger partial charge >= 0.3 is 0 Å². The molecular formula is C34H31N3O7S2. The number of ether oxygens (including phenoxy) is 2. The zero-order chi connectivity index (χ0) is 31.7. The van der Waals surface area contributed by atoms with Gasteiger partial charge in [-0.15, -0.1) is 11.3 Å². The standard InChI is InChI=1S/C34H31N3O7S2/c38-29-10-2-22-3-12-32(39)35-16-1-18-42-25-6-4-23(5-7-25)34-27-9-8-26(44-30(29)20-22)21-24(27)14-17-37(34)46(40,41)33-13-11-31(45-33)28-15-19-43-36-28/h2,4-11,13,15,19-21,34,38H,1,3,12,14,16-18H2,(H,35,39). The Morgan fingerprint density at radius 3 is 2.61 bits per heavy atom. The Morgan fingerprint density at radius 2 is 1.78 bits per heavy atom. The minimum absolute atomic E-state index is 0.0134. The predicted molar refractivity (Wildman–Crippen MR) is 172 cm³/mol. The molecule has 0 radical (unpaired) electrons. The van der Waals surface area contributed by atoms with Gasteiger partial charge in [-0.3, -0.25) is 4.79 Å². The average Bonchev–Trinajstić information content (AvgIpc) is 3.78. The number of sulfonamides is 1. The van der Waals surface area contributed by atoms with Crippen LogP contribution in [0.5, 0.6) is 23.0 Å². The van der Waals surface area contributed by atoms with Crippen LogP contribution in [-0.2, 0) is 27.7 Å². The van der Waals surface area contributed by atoms with Crippen LogP contribution >= 0.6 is 11.3 Å². The van der Waals surface area contributed by atoms with E-state index in [0.29, 0.717) is 60.9 Å². The number of phenolic OH excluding ortho intramolecular Hbond substituents is 1. The third-order valence-corrected chi connectivity index (χ3v) is 11.6. The first-order chi connectivity index (χ1) is 22.3. The highest BCUT2D eigenvalue weighted by atomic mass is 32.2. The fourth-order valence-electron chi connectivity index (χ4n) is 5.81. The van der Waals surface area contributed by atoms with Crippen LogP contribution in [-0.4, -0.2) is 48.6 Å². The molecule has 0 saturated heterocycles. The third kappa shape index (κ3) is 6.11. The smallest absolute Gasteiger partial charge is 0.253 e. The van der Waals surface area contributed by atoms with E-state index in [9.17, 15) is 18.3 Å². The number of thiophene rings is 1. The van der Waals surface area contributed by atoms with Crippen LogP contribution in [0.1, 0.15) is 41.1 Å². The summed E-state index contributed by atoms with van der Waals surface area (Å²) in [5, 5.41) is 17.4. The molecule has 9 rings (SSSR count). The number of phenols is 1. The molecule has 0 spiro atoms. The molecule has 3 aromatic carbocycles. The number of fused-ring (bicyclic) bond motifs is 1. The molecule has 2 aromatic heterocycles. The van der Waals surface area contributed by atoms with Crippen LogP contribution in [0, 0.1) is 0 Å². The van der Waals surface area contributed by atoms with Gasteiger partial charge in [0.1, 0.15) is 27.7 Å². The van der Waals surface area contributed by atoms with Gasteiger partial charge in [0.2, 0.25) is 5.91 Å². The van der Waals surface area contributed by atoms with Crippen molar-refractivity contribution < 1.29 is 32.3 Å². The number of nitrogens with zero attached hydrogens (tertiary/aromatic N) is 2. The van der Waals surface area contributed by atoms with E-state index in [1.165, 1.54) is 6.26 Å². The zero-order valence-corrected chi connectivity index (χ0v) is 26.4. The molecule has 236 valence electrons. The van der Waals surface area contributed by atoms with Crippen molar-refractivity contribution in [3.8, 4) is 33.6 Å². The van der Waals surface area contributed by atoms with Crippen molar-refractivity contribution in [3.63, 3.8) is 0 Å². The van der Waals surface area contributed by atoms with Gasteiger partial charge in [0.15, 0.2) is 11.5 Å². The summed E-state index contributed by atoms with van der Waals surface area (Å²) in [5.74, 6) is 1.38. The van der Waals surface area contributed by atoms with Crippen molar-refractivity contribution in [1.29, 1.82) is 0 Å². The highest BCUT2D eigenvalue weighted by Gasteiger charge is 2.38. The monoisotopic (exact) mass is 657 g/mol. The number of carbonyl (C=O) groups is 1. The summed E-state index contributed by atoms with van der Waals surface area (Å²) < 4.78 is 47.3. The summed E-state index contributed by atoms with van der Waals surface area (Å²) in [7, 11) is -3.91. The second-order valence-electron chi connectivity index (χ2n) is 11.2. The average molecular weight is 658 g/mol. The second-order valence-corrected chi connectivity index (χ2v) is 14.4. The lowest BCUT2D eigenvalue weighted by atomic mass is 9.89. The normalized spacial score (nSPS) is 17.5. The van der Waals surface area contributed by atoms with E-state index >= 15 is 0 Å². The number of aromatic hydroxyl groups is 1. The largest absolute Gasteiger partial charge is 0.504 e. The third-order valence-electron chi connectivity index (χ3n) is 8.13. The molecule has 0 fully saturated rings. The van der Waals surface area contributed by atoms with E-state index in [4.69, 9.17) is 14.0 Å². The van der Waals surface area contributed by atoms with Crippen molar-refractivity contribution in [3.05, 3.63) is 107 Å². The van der Waals surface area contributed by atoms with E-state index in [-0.39, 0.29) is 28.2 Å². The number of benzene rings is 3. The molecule has 46 heavy (non-hydrogen) atoms. The molecule has 8 bridgehead atoms. The maximum Gasteiger partial charge on any atom is 0.253 e. The summed E-state index contributed by atoms with van der Waals surface area (Å²) in [5.41, 5.74) is 4.02. The first kappa shape index (κ1) is 30.0. The minimum atomic E-state index is -3.91. The van der Waals surface area contributed by atoms with E-state index in [2.05, 4.69) is 10.5 Å². The lowest BCUT2D eigenvalue weighted by molar-refractivity contribution is -0.121. The molecular weight excluding hydrogens is 627 g/mol. The molecule has 5 aromatic rings. The molecule has 1 unspecified atom stereocenters. The van der Waals surface area contributed by atoms with Crippen LogP contribution in [0.25, 0.3) is 10.6 Å². The number of aromatic nitrogens is 1. The van der Waals surface area contributed by atoms with Crippen LogP contribution in [0.4, 0.5) is 0 Å². The Hall–Kier alpha value is -4.65. The van der Waals surface area contributed by atoms with Gasteiger partial charge in [0, 0.05) is 25.6 Å². The minimum Gasteiger partial charge on any atom is -0.504 e. The lowest BCUT2D eigenvalue weighted by Gasteiger charge is -2.36. The number of aryl methyl sites for hydroxylation is 1. The Balaban J connectivity index is 1.27. The molecule has 0 saturated carbocycles. The van der Waals surface area contributed by atoms with Crippen LogP contribution in [0.15, 0.2) is 93.9 Å². The Kier molecular flexibility index (Phi) is 8.24. The Bertz CT molecular complexity index is 1970. The molecule has 1 atom stereocenters. The van der Waals surface area contributed by atoms with Gasteiger partial charge in [-0.05, 0) is 90.0 Å². The van der Waals surface area contributed by atoms with E-state index < -0.39 is 16.1 Å². The van der Waals surface area contributed by atoms with Crippen molar-refractivity contribution >= 4 is 27.3 Å². The van der Waals surface area contributed by atoms with Gasteiger partial charge in [-0.2, -0.15) is 4.31 Å². The molecule has 6 heterocycles. The van der Waals surface area contributed by atoms with Gasteiger partial charge in [0.05, 0.1) is 17.5 Å². The van der Waals surface area contributed by atoms with Crippen molar-refractivity contribution in [1.82, 2.24) is 14.8 Å². The van der Waals surface area contributed by atoms with Crippen molar-refractivity contribution in [2.24, 2.45) is 0 Å². The topological polar surface area (TPSA) is 131 Å². The number of nitrogens with one attached hydrogen (secondary N) is 1. The molecule has 4 aliphatic heterocycles. The Labute approximate surface area is 270 Å². The number of carbonyl (C=O) groups excluding carboxylic acids is 1. The second kappa shape index (κ2) is 12.6. The SMILES string of the molecule is O=C1CCc2ccc(O)c(c2)Oc2ccc3c(c2)CCN(S(=O)(=O)c2ccc(-c4ccon4)s2)C3c2ccc(cc2)OCCCN1. The lowest BCUT2D eigenvalue weighted by Crippen LogP contribution is -2.40.